The minimum absolute atomic E-state index is 0.482. The molecule has 5 nitrogen and oxygen atoms in total. The van der Waals surface area contributed by atoms with Crippen LogP contribution in [0.25, 0.3) is 0 Å². The number of nitrogens with zero attached hydrogens (tertiary/aromatic N) is 3. The number of aromatic nitrogens is 2. The molecule has 1 aromatic heterocycles. The van der Waals surface area contributed by atoms with Gasteiger partial charge in [0.2, 0.25) is 0 Å². The average Bonchev–Trinajstić information content (AvgIpc) is 2.68. The van der Waals surface area contributed by atoms with Crippen LogP contribution in [0.5, 0.6) is 0 Å². The van der Waals surface area contributed by atoms with E-state index in [0.717, 1.165) is 11.6 Å². The number of hydrogen-bond acceptors (Lipinski definition) is 5. The molecule has 2 rings (SSSR count). The summed E-state index contributed by atoms with van der Waals surface area (Å²) in [6.07, 6.45) is 9.80. The van der Waals surface area contributed by atoms with Gasteiger partial charge in [-0.25, -0.2) is 9.97 Å². The molecule has 0 unspecified atom stereocenters. The van der Waals surface area contributed by atoms with Crippen LogP contribution in [0.1, 0.15) is 44.9 Å². The second-order valence-electron chi connectivity index (χ2n) is 4.96. The van der Waals surface area contributed by atoms with Crippen molar-refractivity contribution in [3.05, 3.63) is 12.4 Å². The smallest absolute Gasteiger partial charge is 0.131 e. The number of hydrogen-bond donors (Lipinski definition) is 2. The Morgan fingerprint density at radius 3 is 2.63 bits per heavy atom. The molecule has 1 saturated carbocycles. The molecule has 1 fully saturated rings. The van der Waals surface area contributed by atoms with Gasteiger partial charge in [-0.15, -0.1) is 0 Å². The summed E-state index contributed by atoms with van der Waals surface area (Å²) in [7, 11) is 0. The van der Waals surface area contributed by atoms with Crippen molar-refractivity contribution in [2.75, 3.05) is 17.2 Å². The monoisotopic (exact) mass is 259 g/mol. The molecule has 1 aliphatic rings. The molecule has 1 heterocycles. The van der Waals surface area contributed by atoms with Crippen molar-refractivity contribution in [1.29, 1.82) is 5.26 Å². The van der Waals surface area contributed by atoms with E-state index in [-0.39, 0.29) is 0 Å². The predicted octanol–water partition coefficient (Wildman–Crippen LogP) is 2.94. The van der Waals surface area contributed by atoms with Crippen LogP contribution < -0.4 is 10.6 Å². The van der Waals surface area contributed by atoms with Crippen molar-refractivity contribution >= 4 is 11.6 Å². The third kappa shape index (κ3) is 4.74. The van der Waals surface area contributed by atoms with Crippen LogP contribution in [0, 0.1) is 11.3 Å². The van der Waals surface area contributed by atoms with E-state index in [4.69, 9.17) is 5.26 Å². The van der Waals surface area contributed by atoms with Crippen molar-refractivity contribution in [2.45, 2.75) is 51.0 Å². The van der Waals surface area contributed by atoms with Gasteiger partial charge in [0, 0.05) is 18.7 Å². The quantitative estimate of drug-likeness (QED) is 0.628. The fraction of sp³-hybridized carbons (Fsp3) is 0.643. The number of nitrogens with one attached hydrogen (secondary N) is 2. The van der Waals surface area contributed by atoms with Gasteiger partial charge in [-0.1, -0.05) is 25.7 Å². The largest absolute Gasteiger partial charge is 0.369 e. The van der Waals surface area contributed by atoms with E-state index in [1.807, 2.05) is 6.07 Å². The van der Waals surface area contributed by atoms with E-state index >= 15 is 0 Å². The third-order valence-electron chi connectivity index (χ3n) is 3.42. The van der Waals surface area contributed by atoms with Gasteiger partial charge in [0.05, 0.1) is 12.5 Å². The first-order chi connectivity index (χ1) is 9.38. The van der Waals surface area contributed by atoms with Crippen molar-refractivity contribution in [2.24, 2.45) is 0 Å². The Morgan fingerprint density at radius 1 is 1.16 bits per heavy atom. The van der Waals surface area contributed by atoms with Gasteiger partial charge in [-0.05, 0) is 12.8 Å². The Morgan fingerprint density at radius 2 is 1.89 bits per heavy atom. The minimum Gasteiger partial charge on any atom is -0.369 e. The van der Waals surface area contributed by atoms with Crippen LogP contribution in [-0.4, -0.2) is 22.6 Å². The zero-order valence-corrected chi connectivity index (χ0v) is 11.2. The first-order valence-electron chi connectivity index (χ1n) is 7.08. The van der Waals surface area contributed by atoms with Gasteiger partial charge in [-0.2, -0.15) is 5.26 Å². The first-order valence-corrected chi connectivity index (χ1v) is 7.08. The van der Waals surface area contributed by atoms with E-state index in [2.05, 4.69) is 26.7 Å². The molecule has 19 heavy (non-hydrogen) atoms. The highest BCUT2D eigenvalue weighted by molar-refractivity contribution is 5.46. The molecule has 1 aromatic rings. The van der Waals surface area contributed by atoms with Crippen molar-refractivity contribution in [3.8, 4) is 6.07 Å². The molecular formula is C14H21N5. The molecule has 0 amide bonds. The Kier molecular flexibility index (Phi) is 5.42. The van der Waals surface area contributed by atoms with E-state index in [9.17, 15) is 0 Å². The van der Waals surface area contributed by atoms with Crippen molar-refractivity contribution in [1.82, 2.24) is 9.97 Å². The zero-order chi connectivity index (χ0) is 13.3. The van der Waals surface area contributed by atoms with Crippen LogP contribution in [0.3, 0.4) is 0 Å². The maximum Gasteiger partial charge on any atom is 0.131 e. The van der Waals surface area contributed by atoms with Crippen molar-refractivity contribution in [3.63, 3.8) is 0 Å². The van der Waals surface area contributed by atoms with Crippen LogP contribution in [0.2, 0.25) is 0 Å². The fourth-order valence-electron chi connectivity index (χ4n) is 2.41. The van der Waals surface area contributed by atoms with E-state index in [1.165, 1.54) is 38.5 Å². The Hall–Kier alpha value is -1.83. The van der Waals surface area contributed by atoms with Crippen molar-refractivity contribution < 1.29 is 0 Å². The fourth-order valence-corrected chi connectivity index (χ4v) is 2.41. The van der Waals surface area contributed by atoms with E-state index in [1.54, 1.807) is 6.33 Å². The summed E-state index contributed by atoms with van der Waals surface area (Å²) in [6.45, 7) is 0.621. The lowest BCUT2D eigenvalue weighted by Crippen LogP contribution is -2.19. The predicted molar refractivity (Wildman–Crippen MR) is 75.9 cm³/mol. The lowest BCUT2D eigenvalue weighted by atomic mass is 10.1. The molecule has 102 valence electrons. The number of nitriles is 1. The maximum absolute atomic E-state index is 8.51. The molecule has 0 spiro atoms. The maximum atomic E-state index is 8.51. The second kappa shape index (κ2) is 7.57. The Labute approximate surface area is 114 Å². The summed E-state index contributed by atoms with van der Waals surface area (Å²) in [5.41, 5.74) is 0. The Bertz CT molecular complexity index is 418. The van der Waals surface area contributed by atoms with Crippen LogP contribution in [0.4, 0.5) is 11.6 Å². The van der Waals surface area contributed by atoms with Gasteiger partial charge < -0.3 is 10.6 Å². The molecular weight excluding hydrogens is 238 g/mol. The molecule has 2 N–H and O–H groups in total. The second-order valence-corrected chi connectivity index (χ2v) is 4.96. The SMILES string of the molecule is N#CCCNc1cc(NC2CCCCCC2)ncn1. The average molecular weight is 259 g/mol. The summed E-state index contributed by atoms with van der Waals surface area (Å²) < 4.78 is 0. The molecule has 0 aromatic carbocycles. The summed E-state index contributed by atoms with van der Waals surface area (Å²) in [5, 5.41) is 15.1. The van der Waals surface area contributed by atoms with E-state index in [0.29, 0.717) is 19.0 Å². The molecule has 1 aliphatic carbocycles. The van der Waals surface area contributed by atoms with Gasteiger partial charge in [0.15, 0.2) is 0 Å². The molecule has 0 radical (unpaired) electrons. The lowest BCUT2D eigenvalue weighted by Gasteiger charge is -2.17. The summed E-state index contributed by atoms with van der Waals surface area (Å²) in [6, 6.07) is 4.55. The van der Waals surface area contributed by atoms with E-state index < -0.39 is 0 Å². The highest BCUT2D eigenvalue weighted by atomic mass is 15.1. The van der Waals surface area contributed by atoms with Gasteiger partial charge >= 0.3 is 0 Å². The highest BCUT2D eigenvalue weighted by Crippen LogP contribution is 2.20. The summed E-state index contributed by atoms with van der Waals surface area (Å²) in [4.78, 5) is 8.42. The van der Waals surface area contributed by atoms with Gasteiger partial charge in [0.25, 0.3) is 0 Å². The lowest BCUT2D eigenvalue weighted by molar-refractivity contribution is 0.617. The molecule has 0 saturated heterocycles. The Balaban J connectivity index is 1.88. The highest BCUT2D eigenvalue weighted by Gasteiger charge is 2.12. The first kappa shape index (κ1) is 13.6. The van der Waals surface area contributed by atoms with Crippen LogP contribution in [-0.2, 0) is 0 Å². The zero-order valence-electron chi connectivity index (χ0n) is 11.2. The molecule has 5 heteroatoms. The third-order valence-corrected chi connectivity index (χ3v) is 3.42. The minimum atomic E-state index is 0.482. The number of anilines is 2. The van der Waals surface area contributed by atoms with Crippen LogP contribution >= 0.6 is 0 Å². The molecule has 0 bridgehead atoms. The summed E-state index contributed by atoms with van der Waals surface area (Å²) in [5.74, 6) is 1.66. The standard InChI is InChI=1S/C14H21N5/c15-8-5-9-16-13-10-14(18-11-17-13)19-12-6-3-1-2-4-7-12/h10-12H,1-7,9H2,(H2,16,17,18,19). The van der Waals surface area contributed by atoms with Crippen LogP contribution in [0.15, 0.2) is 12.4 Å². The number of rotatable bonds is 5. The van der Waals surface area contributed by atoms with Gasteiger partial charge in [-0.3, -0.25) is 0 Å². The van der Waals surface area contributed by atoms with Gasteiger partial charge in [0.1, 0.15) is 18.0 Å². The molecule has 0 atom stereocenters. The summed E-state index contributed by atoms with van der Waals surface area (Å²) >= 11 is 0. The topological polar surface area (TPSA) is 73.6 Å². The molecule has 0 aliphatic heterocycles. The normalized spacial score (nSPS) is 16.4.